The quantitative estimate of drug-likeness (QED) is 0.733. The van der Waals surface area contributed by atoms with Gasteiger partial charge in [0.15, 0.2) is 0 Å². The lowest BCUT2D eigenvalue weighted by molar-refractivity contribution is -0.142. The van der Waals surface area contributed by atoms with Crippen LogP contribution in [0.15, 0.2) is 18.2 Å². The monoisotopic (exact) mass is 346 g/mol. The molecule has 0 aliphatic heterocycles. The van der Waals surface area contributed by atoms with Crippen molar-refractivity contribution < 1.29 is 19.5 Å². The summed E-state index contributed by atoms with van der Waals surface area (Å²) in [7, 11) is 0. The van der Waals surface area contributed by atoms with E-state index >= 15 is 0 Å². The molecule has 2 amide bonds. The lowest BCUT2D eigenvalue weighted by Crippen LogP contribution is -2.44. The summed E-state index contributed by atoms with van der Waals surface area (Å²) in [4.78, 5) is 34.3. The Balaban J connectivity index is 2.51. The van der Waals surface area contributed by atoms with Crippen molar-refractivity contribution in [1.82, 2.24) is 10.6 Å². The number of rotatable bonds is 6. The van der Waals surface area contributed by atoms with E-state index in [4.69, 9.17) is 28.3 Å². The Morgan fingerprint density at radius 3 is 2.36 bits per heavy atom. The van der Waals surface area contributed by atoms with E-state index in [0.29, 0.717) is 5.02 Å². The van der Waals surface area contributed by atoms with Crippen molar-refractivity contribution in [3.8, 4) is 0 Å². The minimum atomic E-state index is -1.01. The van der Waals surface area contributed by atoms with E-state index < -0.39 is 29.7 Å². The third-order valence-electron chi connectivity index (χ3n) is 3.12. The molecule has 1 aromatic rings. The van der Waals surface area contributed by atoms with E-state index in [0.717, 1.165) is 0 Å². The van der Waals surface area contributed by atoms with Crippen molar-refractivity contribution in [3.63, 3.8) is 0 Å². The molecule has 1 aromatic carbocycles. The Hall–Kier alpha value is -1.79. The molecule has 6 nitrogen and oxygen atoms in total. The van der Waals surface area contributed by atoms with Crippen LogP contribution in [-0.4, -0.2) is 35.5 Å². The number of hydrogen-bond acceptors (Lipinski definition) is 3. The number of aliphatic carboxylic acids is 1. The summed E-state index contributed by atoms with van der Waals surface area (Å²) in [6.45, 7) is 2.80. The highest BCUT2D eigenvalue weighted by Gasteiger charge is 2.21. The van der Waals surface area contributed by atoms with Crippen molar-refractivity contribution in [1.29, 1.82) is 0 Å². The van der Waals surface area contributed by atoms with Gasteiger partial charge in [-0.25, -0.2) is 0 Å². The van der Waals surface area contributed by atoms with Gasteiger partial charge in [0.1, 0.15) is 0 Å². The Kier molecular flexibility index (Phi) is 6.64. The van der Waals surface area contributed by atoms with Crippen LogP contribution >= 0.6 is 23.2 Å². The van der Waals surface area contributed by atoms with Crippen LogP contribution in [0.3, 0.4) is 0 Å². The van der Waals surface area contributed by atoms with Crippen molar-refractivity contribution in [3.05, 3.63) is 33.8 Å². The fourth-order valence-electron chi connectivity index (χ4n) is 1.54. The number of carbonyl (C=O) groups excluding carboxylic acids is 2. The summed E-state index contributed by atoms with van der Waals surface area (Å²) in [6, 6.07) is 3.81. The normalized spacial score (nSPS) is 13.1. The first-order valence-electron chi connectivity index (χ1n) is 6.47. The number of halogens is 2. The van der Waals surface area contributed by atoms with Gasteiger partial charge in [-0.2, -0.15) is 0 Å². The summed E-state index contributed by atoms with van der Waals surface area (Å²) in [5, 5.41) is 14.3. The molecule has 0 spiro atoms. The lowest BCUT2D eigenvalue weighted by Gasteiger charge is -2.17. The lowest BCUT2D eigenvalue weighted by atomic mass is 10.0. The molecular weight excluding hydrogens is 331 g/mol. The van der Waals surface area contributed by atoms with Crippen molar-refractivity contribution >= 4 is 41.0 Å². The molecule has 0 bridgehead atoms. The van der Waals surface area contributed by atoms with Gasteiger partial charge in [-0.1, -0.05) is 23.2 Å². The number of carboxylic acid groups (broad SMARTS) is 1. The molecule has 22 heavy (non-hydrogen) atoms. The van der Waals surface area contributed by atoms with Gasteiger partial charge in [0.2, 0.25) is 5.91 Å². The highest BCUT2D eigenvalue weighted by molar-refractivity contribution is 6.42. The van der Waals surface area contributed by atoms with Crippen LogP contribution in [0.2, 0.25) is 10.0 Å². The second-order valence-corrected chi connectivity index (χ2v) is 5.61. The number of carboxylic acids is 1. The average molecular weight is 347 g/mol. The van der Waals surface area contributed by atoms with Gasteiger partial charge in [-0.05, 0) is 32.0 Å². The molecule has 8 heteroatoms. The maximum absolute atomic E-state index is 11.9. The third-order valence-corrected chi connectivity index (χ3v) is 3.86. The van der Waals surface area contributed by atoms with Gasteiger partial charge in [-0.3, -0.25) is 14.4 Å². The number of hydrogen-bond donors (Lipinski definition) is 3. The van der Waals surface area contributed by atoms with E-state index in [9.17, 15) is 14.4 Å². The highest BCUT2D eigenvalue weighted by atomic mass is 35.5. The summed E-state index contributed by atoms with van der Waals surface area (Å²) < 4.78 is 0. The van der Waals surface area contributed by atoms with Crippen LogP contribution in [0, 0.1) is 5.92 Å². The van der Waals surface area contributed by atoms with E-state index in [1.807, 2.05) is 0 Å². The van der Waals surface area contributed by atoms with E-state index in [2.05, 4.69) is 10.6 Å². The van der Waals surface area contributed by atoms with Crippen LogP contribution in [0.5, 0.6) is 0 Å². The SMILES string of the molecule is CC(NC(=O)CNC(=O)c1ccc(Cl)c(Cl)c1)C(C)C(=O)O. The van der Waals surface area contributed by atoms with Gasteiger partial charge in [0, 0.05) is 11.6 Å². The molecule has 0 aliphatic rings. The van der Waals surface area contributed by atoms with Crippen LogP contribution in [0.1, 0.15) is 24.2 Å². The topological polar surface area (TPSA) is 95.5 Å². The third kappa shape index (κ3) is 5.20. The molecule has 1 rings (SSSR count). The molecule has 0 aliphatic carbocycles. The molecule has 0 saturated carbocycles. The van der Waals surface area contributed by atoms with Gasteiger partial charge in [0.05, 0.1) is 22.5 Å². The minimum absolute atomic E-state index is 0.239. The number of nitrogens with one attached hydrogen (secondary N) is 2. The molecule has 0 aromatic heterocycles. The molecule has 0 heterocycles. The van der Waals surface area contributed by atoms with Crippen LogP contribution in [0.25, 0.3) is 0 Å². The zero-order valence-corrected chi connectivity index (χ0v) is 13.5. The number of amides is 2. The van der Waals surface area contributed by atoms with Gasteiger partial charge < -0.3 is 15.7 Å². The molecule has 0 radical (unpaired) electrons. The summed E-state index contributed by atoms with van der Waals surface area (Å²) >= 11 is 11.6. The van der Waals surface area contributed by atoms with Gasteiger partial charge in [0.25, 0.3) is 5.91 Å². The molecule has 2 atom stereocenters. The Morgan fingerprint density at radius 1 is 1.18 bits per heavy atom. The zero-order valence-electron chi connectivity index (χ0n) is 12.0. The van der Waals surface area contributed by atoms with Crippen molar-refractivity contribution in [2.75, 3.05) is 6.54 Å². The second-order valence-electron chi connectivity index (χ2n) is 4.79. The van der Waals surface area contributed by atoms with Gasteiger partial charge in [-0.15, -0.1) is 0 Å². The Labute approximate surface area is 137 Å². The molecule has 3 N–H and O–H groups in total. The van der Waals surface area contributed by atoms with Crippen LogP contribution in [-0.2, 0) is 9.59 Å². The summed E-state index contributed by atoms with van der Waals surface area (Å²) in [6.07, 6.45) is 0. The summed E-state index contributed by atoms with van der Waals surface area (Å²) in [5.74, 6) is -2.69. The zero-order chi connectivity index (χ0) is 16.9. The van der Waals surface area contributed by atoms with Crippen LogP contribution in [0.4, 0.5) is 0 Å². The fraction of sp³-hybridized carbons (Fsp3) is 0.357. The molecule has 2 unspecified atom stereocenters. The molecular formula is C14H16Cl2N2O4. The maximum Gasteiger partial charge on any atom is 0.308 e. The Morgan fingerprint density at radius 2 is 1.82 bits per heavy atom. The first-order valence-corrected chi connectivity index (χ1v) is 7.23. The predicted molar refractivity (Wildman–Crippen MR) is 83.2 cm³/mol. The number of carbonyl (C=O) groups is 3. The molecule has 0 saturated heterocycles. The minimum Gasteiger partial charge on any atom is -0.481 e. The standard InChI is InChI=1S/C14H16Cl2N2O4/c1-7(14(21)22)8(2)18-12(19)6-17-13(20)9-3-4-10(15)11(16)5-9/h3-5,7-8H,6H2,1-2H3,(H,17,20)(H,18,19)(H,21,22). The smallest absolute Gasteiger partial charge is 0.308 e. The number of benzene rings is 1. The van der Waals surface area contributed by atoms with Gasteiger partial charge >= 0.3 is 5.97 Å². The first-order chi connectivity index (χ1) is 10.2. The van der Waals surface area contributed by atoms with Crippen molar-refractivity contribution in [2.24, 2.45) is 5.92 Å². The molecule has 0 fully saturated rings. The maximum atomic E-state index is 11.9. The van der Waals surface area contributed by atoms with Crippen LogP contribution < -0.4 is 10.6 Å². The first kappa shape index (κ1) is 18.3. The summed E-state index contributed by atoms with van der Waals surface area (Å²) in [5.41, 5.74) is 0.272. The van der Waals surface area contributed by atoms with E-state index in [-0.39, 0.29) is 17.1 Å². The van der Waals surface area contributed by atoms with Crippen molar-refractivity contribution in [2.45, 2.75) is 19.9 Å². The molecule has 120 valence electrons. The highest BCUT2D eigenvalue weighted by Crippen LogP contribution is 2.22. The van der Waals surface area contributed by atoms with E-state index in [1.54, 1.807) is 6.92 Å². The average Bonchev–Trinajstić information content (AvgIpc) is 2.46. The fourth-order valence-corrected chi connectivity index (χ4v) is 1.84. The Bertz CT molecular complexity index is 592. The second kappa shape index (κ2) is 8.00. The largest absolute Gasteiger partial charge is 0.481 e. The van der Waals surface area contributed by atoms with E-state index in [1.165, 1.54) is 25.1 Å². The predicted octanol–water partition coefficient (Wildman–Crippen LogP) is 1.95.